The largest absolute Gasteiger partial charge is 0.351 e. The number of Topliss-reactive ketones (excluding diaryl/α,β-unsaturated/α-hetero) is 1. The van der Waals surface area contributed by atoms with Crippen molar-refractivity contribution < 1.29 is 4.79 Å². The van der Waals surface area contributed by atoms with Crippen molar-refractivity contribution >= 4 is 22.1 Å². The minimum absolute atomic E-state index is 0.218. The van der Waals surface area contributed by atoms with Gasteiger partial charge < -0.3 is 4.90 Å². The van der Waals surface area contributed by atoms with Crippen molar-refractivity contribution in [3.8, 4) is 0 Å². The first kappa shape index (κ1) is 9.60. The average Bonchev–Trinajstić information content (AvgIpc) is 2.82. The Balaban J connectivity index is 1.98. The van der Waals surface area contributed by atoms with Gasteiger partial charge in [0.05, 0.1) is 11.5 Å². The monoisotopic (exact) mass is 229 g/mol. The van der Waals surface area contributed by atoms with Gasteiger partial charge in [-0.15, -0.1) is 11.3 Å². The highest BCUT2D eigenvalue weighted by molar-refractivity contribution is 7.14. The molecule has 2 heterocycles. The fourth-order valence-corrected chi connectivity index (χ4v) is 2.79. The summed E-state index contributed by atoms with van der Waals surface area (Å²) >= 11 is 1.68. The van der Waals surface area contributed by atoms with E-state index < -0.39 is 0 Å². The normalized spacial score (nSPS) is 15.0. The number of benzene rings is 1. The first-order valence-corrected chi connectivity index (χ1v) is 6.12. The summed E-state index contributed by atoms with van der Waals surface area (Å²) in [5, 5.41) is 3.21. The minimum atomic E-state index is 0.218. The summed E-state index contributed by atoms with van der Waals surface area (Å²) < 4.78 is 0. The van der Waals surface area contributed by atoms with Gasteiger partial charge >= 0.3 is 0 Å². The second kappa shape index (κ2) is 3.76. The number of fused-ring (bicyclic) bond motifs is 1. The van der Waals surface area contributed by atoms with E-state index in [4.69, 9.17) is 0 Å². The molecule has 1 aliphatic rings. The Bertz CT molecular complexity index is 518. The zero-order chi connectivity index (χ0) is 11.0. The summed E-state index contributed by atoms with van der Waals surface area (Å²) in [4.78, 5) is 14.1. The molecule has 1 aliphatic heterocycles. The van der Waals surface area contributed by atoms with Crippen LogP contribution in [-0.4, -0.2) is 12.3 Å². The van der Waals surface area contributed by atoms with E-state index in [2.05, 4.69) is 11.0 Å². The SMILES string of the molecule is O=C1CN(c2cccs2)Cc2ccccc21. The molecular formula is C13H11NOS. The van der Waals surface area contributed by atoms with Gasteiger partial charge in [0.2, 0.25) is 0 Å². The first-order chi connectivity index (χ1) is 7.84. The Kier molecular flexibility index (Phi) is 2.26. The van der Waals surface area contributed by atoms with Gasteiger partial charge in [-0.3, -0.25) is 4.79 Å². The van der Waals surface area contributed by atoms with Crippen LogP contribution in [0.1, 0.15) is 15.9 Å². The lowest BCUT2D eigenvalue weighted by Crippen LogP contribution is -2.34. The van der Waals surface area contributed by atoms with E-state index in [1.165, 1.54) is 5.00 Å². The lowest BCUT2D eigenvalue weighted by atomic mass is 9.99. The third-order valence-electron chi connectivity index (χ3n) is 2.83. The third kappa shape index (κ3) is 1.53. The lowest BCUT2D eigenvalue weighted by molar-refractivity contribution is 0.0992. The second-order valence-electron chi connectivity index (χ2n) is 3.89. The predicted octanol–water partition coefficient (Wildman–Crippen LogP) is 2.95. The van der Waals surface area contributed by atoms with E-state index in [0.717, 1.165) is 17.7 Å². The molecule has 3 rings (SSSR count). The fraction of sp³-hybridized carbons (Fsp3) is 0.154. The molecule has 0 spiro atoms. The molecule has 2 nitrogen and oxygen atoms in total. The molecule has 0 bridgehead atoms. The van der Waals surface area contributed by atoms with E-state index in [9.17, 15) is 4.79 Å². The number of carbonyl (C=O) groups excluding carboxylic acids is 1. The Hall–Kier alpha value is -1.61. The van der Waals surface area contributed by atoms with Gasteiger partial charge in [0.15, 0.2) is 5.78 Å². The van der Waals surface area contributed by atoms with E-state index in [-0.39, 0.29) is 5.78 Å². The van der Waals surface area contributed by atoms with Gasteiger partial charge in [0.1, 0.15) is 0 Å². The molecule has 0 saturated carbocycles. The molecule has 0 aliphatic carbocycles. The van der Waals surface area contributed by atoms with E-state index in [0.29, 0.717) is 6.54 Å². The van der Waals surface area contributed by atoms with Crippen LogP contribution in [0.25, 0.3) is 0 Å². The standard InChI is InChI=1S/C13H11NOS/c15-12-9-14(13-6-3-7-16-13)8-10-4-1-2-5-11(10)12/h1-7H,8-9H2. The van der Waals surface area contributed by atoms with Crippen LogP contribution in [0.15, 0.2) is 41.8 Å². The summed E-state index contributed by atoms with van der Waals surface area (Å²) in [6, 6.07) is 12.0. The van der Waals surface area contributed by atoms with Crippen LogP contribution >= 0.6 is 11.3 Å². The molecule has 0 unspecified atom stereocenters. The number of thiophene rings is 1. The Morgan fingerprint density at radius 2 is 1.94 bits per heavy atom. The number of nitrogens with zero attached hydrogens (tertiary/aromatic N) is 1. The average molecular weight is 229 g/mol. The van der Waals surface area contributed by atoms with E-state index >= 15 is 0 Å². The van der Waals surface area contributed by atoms with Crippen molar-refractivity contribution in [2.24, 2.45) is 0 Å². The number of anilines is 1. The smallest absolute Gasteiger partial charge is 0.182 e. The molecular weight excluding hydrogens is 218 g/mol. The first-order valence-electron chi connectivity index (χ1n) is 5.24. The highest BCUT2D eigenvalue weighted by Crippen LogP contribution is 2.27. The molecule has 2 aromatic rings. The molecule has 0 radical (unpaired) electrons. The van der Waals surface area contributed by atoms with Crippen molar-refractivity contribution in [3.63, 3.8) is 0 Å². The predicted molar refractivity (Wildman–Crippen MR) is 66.1 cm³/mol. The van der Waals surface area contributed by atoms with Crippen molar-refractivity contribution in [2.75, 3.05) is 11.4 Å². The van der Waals surface area contributed by atoms with Crippen molar-refractivity contribution in [2.45, 2.75) is 6.54 Å². The van der Waals surface area contributed by atoms with Crippen LogP contribution in [0.5, 0.6) is 0 Å². The Morgan fingerprint density at radius 3 is 2.75 bits per heavy atom. The third-order valence-corrected chi connectivity index (χ3v) is 3.76. The highest BCUT2D eigenvalue weighted by atomic mass is 32.1. The maximum Gasteiger partial charge on any atom is 0.182 e. The molecule has 80 valence electrons. The van der Waals surface area contributed by atoms with Gasteiger partial charge in [-0.05, 0) is 23.1 Å². The minimum Gasteiger partial charge on any atom is -0.351 e. The maximum absolute atomic E-state index is 12.0. The number of hydrogen-bond acceptors (Lipinski definition) is 3. The topological polar surface area (TPSA) is 20.3 Å². The number of ketones is 1. The zero-order valence-electron chi connectivity index (χ0n) is 8.72. The molecule has 0 saturated heterocycles. The highest BCUT2D eigenvalue weighted by Gasteiger charge is 2.22. The summed E-state index contributed by atoms with van der Waals surface area (Å²) in [6.07, 6.45) is 0. The summed E-state index contributed by atoms with van der Waals surface area (Å²) in [5.74, 6) is 0.218. The van der Waals surface area contributed by atoms with Crippen LogP contribution in [0.2, 0.25) is 0 Å². The molecule has 16 heavy (non-hydrogen) atoms. The number of hydrogen-bond donors (Lipinski definition) is 0. The van der Waals surface area contributed by atoms with E-state index in [1.807, 2.05) is 35.7 Å². The zero-order valence-corrected chi connectivity index (χ0v) is 9.54. The van der Waals surface area contributed by atoms with Crippen LogP contribution in [0.4, 0.5) is 5.00 Å². The second-order valence-corrected chi connectivity index (χ2v) is 4.81. The van der Waals surface area contributed by atoms with Crippen molar-refractivity contribution in [3.05, 3.63) is 52.9 Å². The molecule has 0 amide bonds. The lowest BCUT2D eigenvalue weighted by Gasteiger charge is -2.28. The van der Waals surface area contributed by atoms with Gasteiger partial charge in [-0.25, -0.2) is 0 Å². The van der Waals surface area contributed by atoms with Gasteiger partial charge in [0.25, 0.3) is 0 Å². The maximum atomic E-state index is 12.0. The van der Waals surface area contributed by atoms with Crippen molar-refractivity contribution in [1.29, 1.82) is 0 Å². The number of carbonyl (C=O) groups is 1. The quantitative estimate of drug-likeness (QED) is 0.749. The van der Waals surface area contributed by atoms with Crippen LogP contribution in [0, 0.1) is 0 Å². The molecule has 1 aromatic carbocycles. The molecule has 3 heteroatoms. The number of rotatable bonds is 1. The van der Waals surface area contributed by atoms with Crippen molar-refractivity contribution in [1.82, 2.24) is 0 Å². The fourth-order valence-electron chi connectivity index (χ4n) is 2.06. The van der Waals surface area contributed by atoms with Gasteiger partial charge in [-0.1, -0.05) is 24.3 Å². The van der Waals surface area contributed by atoms with Crippen LogP contribution in [-0.2, 0) is 6.54 Å². The van der Waals surface area contributed by atoms with Gasteiger partial charge in [-0.2, -0.15) is 0 Å². The summed E-state index contributed by atoms with van der Waals surface area (Å²) in [5.41, 5.74) is 2.02. The Labute approximate surface area is 98.1 Å². The van der Waals surface area contributed by atoms with Crippen LogP contribution in [0.3, 0.4) is 0 Å². The molecule has 0 N–H and O–H groups in total. The molecule has 1 aromatic heterocycles. The Morgan fingerprint density at radius 1 is 1.06 bits per heavy atom. The molecule has 0 atom stereocenters. The summed E-state index contributed by atoms with van der Waals surface area (Å²) in [7, 11) is 0. The van der Waals surface area contributed by atoms with Crippen LogP contribution < -0.4 is 4.90 Å². The molecule has 0 fully saturated rings. The van der Waals surface area contributed by atoms with Gasteiger partial charge in [0, 0.05) is 12.1 Å². The van der Waals surface area contributed by atoms with E-state index in [1.54, 1.807) is 11.3 Å². The summed E-state index contributed by atoms with van der Waals surface area (Å²) in [6.45, 7) is 1.33.